The van der Waals surface area contributed by atoms with Crippen molar-refractivity contribution in [3.05, 3.63) is 36.5 Å². The van der Waals surface area contributed by atoms with Gasteiger partial charge < -0.3 is 45.4 Å². The molecule has 10 nitrogen and oxygen atoms in total. The van der Waals surface area contributed by atoms with Crippen molar-refractivity contribution >= 4 is 5.91 Å². The number of hydrogen-bond acceptors (Lipinski definition) is 9. The van der Waals surface area contributed by atoms with Gasteiger partial charge in [0.2, 0.25) is 5.91 Å². The molecule has 0 spiro atoms. The minimum absolute atomic E-state index is 0.288. The van der Waals surface area contributed by atoms with E-state index in [1.807, 2.05) is 6.08 Å². The van der Waals surface area contributed by atoms with Crippen LogP contribution in [0.4, 0.5) is 0 Å². The van der Waals surface area contributed by atoms with Gasteiger partial charge in [0.15, 0.2) is 6.29 Å². The van der Waals surface area contributed by atoms with E-state index >= 15 is 0 Å². The second-order valence-electron chi connectivity index (χ2n) is 14.2. The summed E-state index contributed by atoms with van der Waals surface area (Å²) in [6, 6.07) is -0.998. The predicted octanol–water partition coefficient (Wildman–Crippen LogP) is 6.30. The van der Waals surface area contributed by atoms with Gasteiger partial charge in [-0.15, -0.1) is 0 Å². The van der Waals surface area contributed by atoms with Crippen LogP contribution in [0.2, 0.25) is 0 Å². The standard InChI is InChI=1S/C41H75NO9/c1-3-5-7-9-11-13-15-16-17-18-20-21-23-25-27-29-34(44)33(32-50-41-39(48)38(47)37(46)36(31-43)51-41)42-40(49)35(45)30-28-26-24-22-19-14-12-10-8-6-4-2/h12,14,20-21,27,29,33-39,41,43-48H,3-11,13,15-19,22-26,28,30-32H2,1-2H3,(H,42,49)/b14-12-,21-20+,29-27+. The molecule has 0 radical (unpaired) electrons. The summed E-state index contributed by atoms with van der Waals surface area (Å²) in [5, 5.41) is 64.3. The maximum absolute atomic E-state index is 12.9. The Labute approximate surface area is 309 Å². The number of carbonyl (C=O) groups is 1. The maximum atomic E-state index is 12.9. The summed E-state index contributed by atoms with van der Waals surface area (Å²) >= 11 is 0. The zero-order chi connectivity index (χ0) is 37.5. The van der Waals surface area contributed by atoms with Crippen LogP contribution in [0, 0.1) is 0 Å². The number of allylic oxidation sites excluding steroid dienone is 5. The number of rotatable bonds is 32. The second-order valence-corrected chi connectivity index (χ2v) is 14.2. The lowest BCUT2D eigenvalue weighted by atomic mass is 9.99. The monoisotopic (exact) mass is 726 g/mol. The minimum atomic E-state index is -1.62. The Hall–Kier alpha value is -1.63. The van der Waals surface area contributed by atoms with Crippen LogP contribution >= 0.6 is 0 Å². The summed E-state index contributed by atoms with van der Waals surface area (Å²) < 4.78 is 11.1. The molecular formula is C41H75NO9. The lowest BCUT2D eigenvalue weighted by Gasteiger charge is -2.40. The van der Waals surface area contributed by atoms with Crippen LogP contribution in [0.25, 0.3) is 0 Å². The Bertz CT molecular complexity index is 912. The van der Waals surface area contributed by atoms with Crippen molar-refractivity contribution in [1.82, 2.24) is 5.32 Å². The van der Waals surface area contributed by atoms with Gasteiger partial charge in [0.1, 0.15) is 30.5 Å². The van der Waals surface area contributed by atoms with E-state index in [9.17, 15) is 35.4 Å². The second kappa shape index (κ2) is 31.9. The summed E-state index contributed by atoms with van der Waals surface area (Å²) in [6.07, 6.45) is 26.7. The van der Waals surface area contributed by atoms with Gasteiger partial charge in [-0.3, -0.25) is 4.79 Å². The van der Waals surface area contributed by atoms with Gasteiger partial charge in [0.05, 0.1) is 25.4 Å². The van der Waals surface area contributed by atoms with Crippen molar-refractivity contribution < 1.29 is 44.9 Å². The van der Waals surface area contributed by atoms with Crippen LogP contribution in [0.3, 0.4) is 0 Å². The first kappa shape index (κ1) is 47.4. The molecule has 8 unspecified atom stereocenters. The van der Waals surface area contributed by atoms with E-state index in [4.69, 9.17) is 9.47 Å². The summed E-state index contributed by atoms with van der Waals surface area (Å²) in [6.45, 7) is 3.52. The first-order valence-electron chi connectivity index (χ1n) is 20.3. The molecule has 0 saturated carbocycles. The largest absolute Gasteiger partial charge is 0.394 e. The predicted molar refractivity (Wildman–Crippen MR) is 204 cm³/mol. The smallest absolute Gasteiger partial charge is 0.249 e. The lowest BCUT2D eigenvalue weighted by molar-refractivity contribution is -0.302. The minimum Gasteiger partial charge on any atom is -0.394 e. The average Bonchev–Trinajstić information content (AvgIpc) is 3.13. The molecule has 1 aliphatic heterocycles. The number of aliphatic hydroxyl groups is 6. The van der Waals surface area contributed by atoms with Crippen molar-refractivity contribution in [1.29, 1.82) is 0 Å². The molecule has 10 heteroatoms. The van der Waals surface area contributed by atoms with Gasteiger partial charge >= 0.3 is 0 Å². The Balaban J connectivity index is 2.54. The molecule has 1 amide bonds. The molecule has 7 N–H and O–H groups in total. The van der Waals surface area contributed by atoms with Crippen LogP contribution in [-0.2, 0) is 14.3 Å². The highest BCUT2D eigenvalue weighted by Gasteiger charge is 2.44. The van der Waals surface area contributed by atoms with Crippen LogP contribution in [-0.4, -0.2) is 98.7 Å². The normalized spacial score (nSPS) is 23.0. The van der Waals surface area contributed by atoms with Gasteiger partial charge in [0.25, 0.3) is 0 Å². The Kier molecular flexibility index (Phi) is 29.6. The van der Waals surface area contributed by atoms with Crippen molar-refractivity contribution in [2.75, 3.05) is 13.2 Å². The fourth-order valence-electron chi connectivity index (χ4n) is 6.11. The third kappa shape index (κ3) is 22.9. The van der Waals surface area contributed by atoms with Gasteiger partial charge in [-0.1, -0.05) is 134 Å². The van der Waals surface area contributed by atoms with Gasteiger partial charge in [-0.2, -0.15) is 0 Å². The number of hydrogen-bond donors (Lipinski definition) is 7. The van der Waals surface area contributed by atoms with Gasteiger partial charge in [-0.05, 0) is 57.8 Å². The van der Waals surface area contributed by atoms with E-state index < -0.39 is 61.5 Å². The van der Waals surface area contributed by atoms with Crippen LogP contribution in [0.5, 0.6) is 0 Å². The van der Waals surface area contributed by atoms with E-state index in [1.54, 1.807) is 6.08 Å². The SMILES string of the molecule is CCCCC/C=C\CCCCCCC(O)C(=O)NC(COC1OC(CO)C(O)C(O)C1O)C(O)/C=C/CC/C=C/CCCCCCCCCCC. The topological polar surface area (TPSA) is 169 Å². The maximum Gasteiger partial charge on any atom is 0.249 e. The molecule has 298 valence electrons. The van der Waals surface area contributed by atoms with Crippen LogP contribution < -0.4 is 5.32 Å². The highest BCUT2D eigenvalue weighted by atomic mass is 16.7. The number of carbonyl (C=O) groups excluding carboxylic acids is 1. The molecule has 8 atom stereocenters. The van der Waals surface area contributed by atoms with Gasteiger partial charge in [0, 0.05) is 0 Å². The van der Waals surface area contributed by atoms with Crippen molar-refractivity contribution in [2.45, 2.75) is 204 Å². The molecule has 0 aromatic carbocycles. The van der Waals surface area contributed by atoms with E-state index in [-0.39, 0.29) is 13.0 Å². The third-order valence-corrected chi connectivity index (χ3v) is 9.54. The molecule has 0 bridgehead atoms. The fourth-order valence-corrected chi connectivity index (χ4v) is 6.11. The highest BCUT2D eigenvalue weighted by Crippen LogP contribution is 2.22. The summed E-state index contributed by atoms with van der Waals surface area (Å²) in [4.78, 5) is 12.9. The first-order valence-corrected chi connectivity index (χ1v) is 20.3. The summed E-state index contributed by atoms with van der Waals surface area (Å²) in [7, 11) is 0. The lowest BCUT2D eigenvalue weighted by Crippen LogP contribution is -2.60. The molecular weight excluding hydrogens is 650 g/mol. The number of aliphatic hydroxyl groups excluding tert-OH is 6. The summed E-state index contributed by atoms with van der Waals surface area (Å²) in [5.41, 5.74) is 0. The molecule has 1 rings (SSSR count). The Morgan fingerprint density at radius 3 is 1.75 bits per heavy atom. The average molecular weight is 726 g/mol. The molecule has 0 aliphatic carbocycles. The molecule has 1 aliphatic rings. The molecule has 0 aromatic heterocycles. The quantitative estimate of drug-likeness (QED) is 0.0311. The highest BCUT2D eigenvalue weighted by molar-refractivity contribution is 5.80. The number of unbranched alkanes of at least 4 members (excludes halogenated alkanes) is 17. The van der Waals surface area contributed by atoms with E-state index in [1.165, 1.54) is 77.0 Å². The van der Waals surface area contributed by atoms with Crippen molar-refractivity contribution in [2.24, 2.45) is 0 Å². The number of ether oxygens (including phenoxy) is 2. The van der Waals surface area contributed by atoms with Crippen LogP contribution in [0.1, 0.15) is 155 Å². The number of amides is 1. The van der Waals surface area contributed by atoms with Gasteiger partial charge in [-0.25, -0.2) is 0 Å². The fraction of sp³-hybridized carbons (Fsp3) is 0.829. The molecule has 1 saturated heterocycles. The zero-order valence-electron chi connectivity index (χ0n) is 32.0. The van der Waals surface area contributed by atoms with Crippen LogP contribution in [0.15, 0.2) is 36.5 Å². The van der Waals surface area contributed by atoms with E-state index in [0.29, 0.717) is 12.8 Å². The molecule has 1 heterocycles. The number of nitrogens with one attached hydrogen (secondary N) is 1. The van der Waals surface area contributed by atoms with E-state index in [2.05, 4.69) is 43.5 Å². The molecule has 1 fully saturated rings. The summed E-state index contributed by atoms with van der Waals surface area (Å²) in [5.74, 6) is -0.640. The zero-order valence-corrected chi connectivity index (χ0v) is 32.0. The Morgan fingerprint density at radius 1 is 0.667 bits per heavy atom. The molecule has 0 aromatic rings. The van der Waals surface area contributed by atoms with Crippen molar-refractivity contribution in [3.63, 3.8) is 0 Å². The molecule has 51 heavy (non-hydrogen) atoms. The Morgan fingerprint density at radius 2 is 1.16 bits per heavy atom. The van der Waals surface area contributed by atoms with E-state index in [0.717, 1.165) is 44.9 Å². The third-order valence-electron chi connectivity index (χ3n) is 9.54. The first-order chi connectivity index (χ1) is 24.8. The van der Waals surface area contributed by atoms with Crippen molar-refractivity contribution in [3.8, 4) is 0 Å².